The zero-order valence-corrected chi connectivity index (χ0v) is 11.0. The van der Waals surface area contributed by atoms with Crippen LogP contribution >= 0.6 is 0 Å². The molecule has 2 aromatic heterocycles. The molecule has 4 nitrogen and oxygen atoms in total. The summed E-state index contributed by atoms with van der Waals surface area (Å²) in [7, 11) is 1.89. The quantitative estimate of drug-likeness (QED) is 0.791. The third kappa shape index (κ3) is 2.30. The minimum absolute atomic E-state index is 0.307. The molecule has 1 atom stereocenters. The molecule has 0 saturated carbocycles. The number of rotatable bonds is 4. The number of anilines is 1. The molecule has 0 aliphatic rings. The lowest BCUT2D eigenvalue weighted by Crippen LogP contribution is -2.16. The van der Waals surface area contributed by atoms with Gasteiger partial charge in [0.1, 0.15) is 23.4 Å². The Morgan fingerprint density at radius 1 is 1.25 bits per heavy atom. The van der Waals surface area contributed by atoms with Crippen molar-refractivity contribution in [2.45, 2.75) is 6.04 Å². The Morgan fingerprint density at radius 2 is 2.10 bits per heavy atom. The molecule has 3 aromatic rings. The van der Waals surface area contributed by atoms with E-state index in [0.717, 1.165) is 5.82 Å². The highest BCUT2D eigenvalue weighted by Gasteiger charge is 2.21. The number of hydrogen-bond donors (Lipinski definition) is 1. The van der Waals surface area contributed by atoms with Crippen molar-refractivity contribution in [2.75, 3.05) is 5.32 Å². The van der Waals surface area contributed by atoms with Crippen molar-refractivity contribution in [3.8, 4) is 0 Å². The molecule has 0 fully saturated rings. The lowest BCUT2D eigenvalue weighted by Gasteiger charge is -2.18. The maximum Gasteiger partial charge on any atom is 0.146 e. The highest BCUT2D eigenvalue weighted by atomic mass is 19.1. The second-order valence-corrected chi connectivity index (χ2v) is 4.47. The summed E-state index contributed by atoms with van der Waals surface area (Å²) in [5, 5.41) is 3.14. The van der Waals surface area contributed by atoms with Crippen molar-refractivity contribution < 1.29 is 8.81 Å². The van der Waals surface area contributed by atoms with E-state index in [9.17, 15) is 4.39 Å². The predicted molar refractivity (Wildman–Crippen MR) is 73.8 cm³/mol. The number of imidazole rings is 1. The third-order valence-corrected chi connectivity index (χ3v) is 3.12. The summed E-state index contributed by atoms with van der Waals surface area (Å²) in [6, 6.07) is 9.84. The van der Waals surface area contributed by atoms with Crippen molar-refractivity contribution in [3.63, 3.8) is 0 Å². The van der Waals surface area contributed by atoms with E-state index >= 15 is 0 Å². The van der Waals surface area contributed by atoms with Gasteiger partial charge in [-0.25, -0.2) is 9.37 Å². The van der Waals surface area contributed by atoms with Gasteiger partial charge < -0.3 is 14.3 Å². The van der Waals surface area contributed by atoms with E-state index < -0.39 is 0 Å². The van der Waals surface area contributed by atoms with Crippen LogP contribution in [0, 0.1) is 5.82 Å². The summed E-state index contributed by atoms with van der Waals surface area (Å²) < 4.78 is 21.1. The van der Waals surface area contributed by atoms with Crippen LogP contribution in [0.25, 0.3) is 0 Å². The number of hydrogen-bond acceptors (Lipinski definition) is 3. The van der Waals surface area contributed by atoms with Crippen LogP contribution in [0.5, 0.6) is 0 Å². The second-order valence-electron chi connectivity index (χ2n) is 4.47. The second kappa shape index (κ2) is 5.21. The van der Waals surface area contributed by atoms with Crippen molar-refractivity contribution >= 4 is 5.69 Å². The first kappa shape index (κ1) is 12.5. The molecule has 1 unspecified atom stereocenters. The number of furan rings is 1. The summed E-state index contributed by atoms with van der Waals surface area (Å²) in [4.78, 5) is 4.32. The fourth-order valence-electron chi connectivity index (χ4n) is 2.11. The SMILES string of the molecule is Cn1ccnc1C(Nc1ccccc1F)c1ccco1. The Bertz CT molecular complexity index is 691. The fraction of sp³-hybridized carbons (Fsp3) is 0.133. The molecule has 0 amide bonds. The Balaban J connectivity index is 1.99. The summed E-state index contributed by atoms with van der Waals surface area (Å²) >= 11 is 0. The molecular formula is C15H14FN3O. The van der Waals surface area contributed by atoms with Gasteiger partial charge in [-0.3, -0.25) is 0 Å². The van der Waals surface area contributed by atoms with Gasteiger partial charge in [-0.05, 0) is 24.3 Å². The summed E-state index contributed by atoms with van der Waals surface area (Å²) in [5.41, 5.74) is 0.414. The molecule has 1 N–H and O–H groups in total. The van der Waals surface area contributed by atoms with E-state index in [4.69, 9.17) is 4.42 Å². The number of benzene rings is 1. The molecule has 0 bridgehead atoms. The van der Waals surface area contributed by atoms with Crippen LogP contribution in [0.15, 0.2) is 59.5 Å². The van der Waals surface area contributed by atoms with E-state index in [-0.39, 0.29) is 11.9 Å². The van der Waals surface area contributed by atoms with Crippen molar-refractivity contribution in [1.29, 1.82) is 0 Å². The lowest BCUT2D eigenvalue weighted by molar-refractivity contribution is 0.487. The van der Waals surface area contributed by atoms with Crippen molar-refractivity contribution in [1.82, 2.24) is 9.55 Å². The highest BCUT2D eigenvalue weighted by Crippen LogP contribution is 2.26. The molecule has 0 saturated heterocycles. The van der Waals surface area contributed by atoms with Gasteiger partial charge in [0.25, 0.3) is 0 Å². The van der Waals surface area contributed by atoms with E-state index in [1.54, 1.807) is 36.7 Å². The topological polar surface area (TPSA) is 43.0 Å². The maximum atomic E-state index is 13.8. The number of nitrogens with one attached hydrogen (secondary N) is 1. The van der Waals surface area contributed by atoms with Gasteiger partial charge >= 0.3 is 0 Å². The predicted octanol–water partition coefficient (Wildman–Crippen LogP) is 3.35. The van der Waals surface area contributed by atoms with Crippen LogP contribution in [0.3, 0.4) is 0 Å². The minimum atomic E-state index is -0.345. The van der Waals surface area contributed by atoms with Crippen LogP contribution in [-0.2, 0) is 7.05 Å². The molecule has 1 aromatic carbocycles. The van der Waals surface area contributed by atoms with Gasteiger partial charge in [0.2, 0.25) is 0 Å². The fourth-order valence-corrected chi connectivity index (χ4v) is 2.11. The van der Waals surface area contributed by atoms with E-state index in [0.29, 0.717) is 11.4 Å². The molecule has 0 aliphatic carbocycles. The van der Waals surface area contributed by atoms with Gasteiger partial charge in [0, 0.05) is 19.4 Å². The van der Waals surface area contributed by atoms with Gasteiger partial charge in [0.05, 0.1) is 12.0 Å². The third-order valence-electron chi connectivity index (χ3n) is 3.12. The first-order chi connectivity index (χ1) is 9.75. The molecule has 0 aliphatic heterocycles. The Kier molecular flexibility index (Phi) is 3.25. The molecule has 2 heterocycles. The molecule has 102 valence electrons. The summed E-state index contributed by atoms with van der Waals surface area (Å²) in [6.45, 7) is 0. The largest absolute Gasteiger partial charge is 0.467 e. The number of halogens is 1. The number of nitrogens with zero attached hydrogens (tertiary/aromatic N) is 2. The highest BCUT2D eigenvalue weighted by molar-refractivity contribution is 5.47. The maximum absolute atomic E-state index is 13.8. The minimum Gasteiger partial charge on any atom is -0.467 e. The first-order valence-electron chi connectivity index (χ1n) is 6.27. The molecule has 3 rings (SSSR count). The summed E-state index contributed by atoms with van der Waals surface area (Å²) in [6.07, 6.45) is 5.14. The van der Waals surface area contributed by atoms with Crippen LogP contribution < -0.4 is 5.32 Å². The van der Waals surface area contributed by atoms with Gasteiger partial charge in [-0.15, -0.1) is 0 Å². The van der Waals surface area contributed by atoms with Crippen LogP contribution in [0.2, 0.25) is 0 Å². The monoisotopic (exact) mass is 271 g/mol. The molecule has 0 radical (unpaired) electrons. The van der Waals surface area contributed by atoms with Crippen molar-refractivity contribution in [3.05, 3.63) is 72.5 Å². The number of aryl methyl sites for hydroxylation is 1. The van der Waals surface area contributed by atoms with Crippen molar-refractivity contribution in [2.24, 2.45) is 7.05 Å². The zero-order chi connectivity index (χ0) is 13.9. The number of para-hydroxylation sites is 1. The van der Waals surface area contributed by atoms with E-state index in [2.05, 4.69) is 10.3 Å². The average Bonchev–Trinajstić information content (AvgIpc) is 3.10. The standard InChI is InChI=1S/C15H14FN3O/c1-19-9-8-17-15(19)14(13-7-4-10-20-13)18-12-6-3-2-5-11(12)16/h2-10,14,18H,1H3. The normalized spacial score (nSPS) is 12.3. The molecule has 0 spiro atoms. The first-order valence-corrected chi connectivity index (χ1v) is 6.27. The Morgan fingerprint density at radius 3 is 2.75 bits per heavy atom. The summed E-state index contributed by atoms with van der Waals surface area (Å²) in [5.74, 6) is 1.13. The smallest absolute Gasteiger partial charge is 0.146 e. The van der Waals surface area contributed by atoms with Crippen LogP contribution in [0.4, 0.5) is 10.1 Å². The van der Waals surface area contributed by atoms with Crippen LogP contribution in [-0.4, -0.2) is 9.55 Å². The van der Waals surface area contributed by atoms with Gasteiger partial charge in [0.15, 0.2) is 0 Å². The number of aromatic nitrogens is 2. The van der Waals surface area contributed by atoms with Gasteiger partial charge in [-0.2, -0.15) is 0 Å². The Hall–Kier alpha value is -2.56. The van der Waals surface area contributed by atoms with E-state index in [1.807, 2.05) is 23.9 Å². The van der Waals surface area contributed by atoms with E-state index in [1.165, 1.54) is 6.07 Å². The molecule has 20 heavy (non-hydrogen) atoms. The molecular weight excluding hydrogens is 257 g/mol. The lowest BCUT2D eigenvalue weighted by atomic mass is 10.2. The molecule has 5 heteroatoms. The zero-order valence-electron chi connectivity index (χ0n) is 11.0. The average molecular weight is 271 g/mol. The Labute approximate surface area is 115 Å². The van der Waals surface area contributed by atoms with Gasteiger partial charge in [-0.1, -0.05) is 12.1 Å². The van der Waals surface area contributed by atoms with Crippen LogP contribution in [0.1, 0.15) is 17.6 Å².